The topological polar surface area (TPSA) is 87.8 Å². The molecule has 164 valence electrons. The maximum absolute atomic E-state index is 13.2. The van der Waals surface area contributed by atoms with Crippen LogP contribution in [0.1, 0.15) is 23.7 Å². The number of benzene rings is 1. The molecule has 1 N–H and O–H groups in total. The number of hydrogen-bond donors (Lipinski definition) is 1. The van der Waals surface area contributed by atoms with Crippen LogP contribution < -0.4 is 4.74 Å². The van der Waals surface area contributed by atoms with Gasteiger partial charge < -0.3 is 9.47 Å². The number of nitrogens with zero attached hydrogens (tertiary/aromatic N) is 3. The molecule has 1 aromatic heterocycles. The molecular weight excluding hydrogens is 418 g/mol. The zero-order valence-corrected chi connectivity index (χ0v) is 17.2. The molecule has 0 aliphatic carbocycles. The molecule has 1 unspecified atom stereocenters. The van der Waals surface area contributed by atoms with Crippen LogP contribution in [0.4, 0.5) is 8.78 Å². The highest BCUT2D eigenvalue weighted by Crippen LogP contribution is 2.29. The summed E-state index contributed by atoms with van der Waals surface area (Å²) >= 11 is 0. The van der Waals surface area contributed by atoms with Gasteiger partial charge in [0, 0.05) is 50.3 Å². The second kappa shape index (κ2) is 8.96. The van der Waals surface area contributed by atoms with E-state index in [1.807, 2.05) is 6.07 Å². The van der Waals surface area contributed by atoms with Crippen molar-refractivity contribution in [2.75, 3.05) is 46.0 Å². The van der Waals surface area contributed by atoms with E-state index in [1.165, 1.54) is 14.7 Å². The molecule has 2 aliphatic rings. The maximum Gasteiger partial charge on any atom is 0.282 e. The van der Waals surface area contributed by atoms with E-state index in [-0.39, 0.29) is 18.3 Å². The van der Waals surface area contributed by atoms with E-state index >= 15 is 0 Å². The standard InChI is InChI=1S/C19H24F2N4O4S/c20-17-2-1-16(12-18(17)21)29-8-4-15-11-19(23-22-15)14-3-5-25(13-14)30(26,27)24-6-9-28-10-7-24/h1-2,11-12,14H,3-10,13H2,(H,22,23). The molecule has 2 fully saturated rings. The molecule has 30 heavy (non-hydrogen) atoms. The number of aromatic nitrogens is 2. The summed E-state index contributed by atoms with van der Waals surface area (Å²) in [6.45, 7) is 2.75. The Morgan fingerprint density at radius 1 is 1.13 bits per heavy atom. The number of rotatable bonds is 7. The first kappa shape index (κ1) is 21.2. The van der Waals surface area contributed by atoms with Gasteiger partial charge in [0.05, 0.1) is 25.5 Å². The van der Waals surface area contributed by atoms with Crippen LogP contribution in [0.5, 0.6) is 5.75 Å². The van der Waals surface area contributed by atoms with Gasteiger partial charge in [-0.1, -0.05) is 0 Å². The molecule has 1 aromatic carbocycles. The van der Waals surface area contributed by atoms with E-state index in [4.69, 9.17) is 9.47 Å². The quantitative estimate of drug-likeness (QED) is 0.705. The minimum absolute atomic E-state index is 0.0259. The average Bonchev–Trinajstić information content (AvgIpc) is 3.41. The van der Waals surface area contributed by atoms with Crippen LogP contribution in [-0.2, 0) is 21.4 Å². The molecule has 0 spiro atoms. The van der Waals surface area contributed by atoms with Crippen LogP contribution in [0, 0.1) is 11.6 Å². The monoisotopic (exact) mass is 442 g/mol. The minimum atomic E-state index is -3.48. The third-order valence-electron chi connectivity index (χ3n) is 5.37. The van der Waals surface area contributed by atoms with Gasteiger partial charge in [-0.15, -0.1) is 0 Å². The molecule has 11 heteroatoms. The molecule has 2 saturated heterocycles. The summed E-state index contributed by atoms with van der Waals surface area (Å²) in [6.07, 6.45) is 1.22. The molecule has 0 bridgehead atoms. The van der Waals surface area contributed by atoms with E-state index in [2.05, 4.69) is 10.2 Å². The van der Waals surface area contributed by atoms with Crippen molar-refractivity contribution in [3.05, 3.63) is 47.3 Å². The average molecular weight is 442 g/mol. The Labute approximate surface area is 173 Å². The third-order valence-corrected chi connectivity index (χ3v) is 7.38. The SMILES string of the molecule is O=S(=O)(N1CCOCC1)N1CCC(c2cc(CCOc3ccc(F)c(F)c3)[nH]n2)C1. The summed E-state index contributed by atoms with van der Waals surface area (Å²) in [5.74, 6) is -1.58. The predicted molar refractivity (Wildman–Crippen MR) is 104 cm³/mol. The second-order valence-corrected chi connectivity index (χ2v) is 9.28. The number of morpholine rings is 1. The summed E-state index contributed by atoms with van der Waals surface area (Å²) in [5.41, 5.74) is 1.65. The van der Waals surface area contributed by atoms with Gasteiger partial charge in [0.25, 0.3) is 10.2 Å². The molecule has 8 nitrogen and oxygen atoms in total. The maximum atomic E-state index is 13.2. The van der Waals surface area contributed by atoms with E-state index < -0.39 is 21.8 Å². The second-order valence-electron chi connectivity index (χ2n) is 7.36. The molecule has 0 amide bonds. The molecule has 4 rings (SSSR count). The Morgan fingerprint density at radius 3 is 2.70 bits per heavy atom. The minimum Gasteiger partial charge on any atom is -0.493 e. The number of aromatic amines is 1. The molecule has 0 saturated carbocycles. The highest BCUT2D eigenvalue weighted by Gasteiger charge is 2.37. The fourth-order valence-electron chi connectivity index (χ4n) is 3.68. The van der Waals surface area contributed by atoms with Crippen molar-refractivity contribution < 1.29 is 26.7 Å². The number of H-pyrrole nitrogens is 1. The van der Waals surface area contributed by atoms with Crippen molar-refractivity contribution in [2.24, 2.45) is 0 Å². The van der Waals surface area contributed by atoms with Crippen LogP contribution in [-0.4, -0.2) is 73.2 Å². The molecule has 0 radical (unpaired) electrons. The fraction of sp³-hybridized carbons (Fsp3) is 0.526. The first-order valence-electron chi connectivity index (χ1n) is 9.88. The summed E-state index contributed by atoms with van der Waals surface area (Å²) in [7, 11) is -3.48. The number of hydrogen-bond acceptors (Lipinski definition) is 5. The Bertz CT molecular complexity index is 979. The summed E-state index contributed by atoms with van der Waals surface area (Å²) in [6, 6.07) is 5.31. The molecule has 1 atom stereocenters. The summed E-state index contributed by atoms with van der Waals surface area (Å²) < 4.78 is 65.4. The van der Waals surface area contributed by atoms with Gasteiger partial charge in [-0.05, 0) is 24.6 Å². The van der Waals surface area contributed by atoms with Gasteiger partial charge in [-0.2, -0.15) is 22.1 Å². The van der Waals surface area contributed by atoms with Gasteiger partial charge >= 0.3 is 0 Å². The zero-order valence-electron chi connectivity index (χ0n) is 16.4. The first-order chi connectivity index (χ1) is 14.4. The van der Waals surface area contributed by atoms with Crippen molar-refractivity contribution in [1.29, 1.82) is 0 Å². The van der Waals surface area contributed by atoms with Crippen LogP contribution in [0.2, 0.25) is 0 Å². The van der Waals surface area contributed by atoms with Gasteiger partial charge in [-0.25, -0.2) is 8.78 Å². The highest BCUT2D eigenvalue weighted by atomic mass is 32.2. The third kappa shape index (κ3) is 4.64. The van der Waals surface area contributed by atoms with Crippen molar-refractivity contribution in [3.8, 4) is 5.75 Å². The van der Waals surface area contributed by atoms with E-state index in [0.29, 0.717) is 52.2 Å². The lowest BCUT2D eigenvalue weighted by molar-refractivity contribution is 0.0705. The van der Waals surface area contributed by atoms with Crippen LogP contribution >= 0.6 is 0 Å². The Kier molecular flexibility index (Phi) is 6.32. The van der Waals surface area contributed by atoms with E-state index in [0.717, 1.165) is 23.5 Å². The first-order valence-corrected chi connectivity index (χ1v) is 11.3. The number of ether oxygens (including phenoxy) is 2. The summed E-state index contributed by atoms with van der Waals surface area (Å²) in [4.78, 5) is 0. The normalized spacial score (nSPS) is 21.2. The predicted octanol–water partition coefficient (Wildman–Crippen LogP) is 1.68. The number of nitrogens with one attached hydrogen (secondary N) is 1. The molecule has 3 heterocycles. The lowest BCUT2D eigenvalue weighted by Crippen LogP contribution is -2.47. The van der Waals surface area contributed by atoms with E-state index in [1.54, 1.807) is 0 Å². The zero-order chi connectivity index (χ0) is 21.1. The summed E-state index contributed by atoms with van der Waals surface area (Å²) in [5, 5.41) is 7.28. The highest BCUT2D eigenvalue weighted by molar-refractivity contribution is 7.86. The van der Waals surface area contributed by atoms with Crippen molar-refractivity contribution in [3.63, 3.8) is 0 Å². The van der Waals surface area contributed by atoms with Gasteiger partial charge in [0.2, 0.25) is 0 Å². The van der Waals surface area contributed by atoms with Crippen molar-refractivity contribution >= 4 is 10.2 Å². The van der Waals surface area contributed by atoms with Crippen LogP contribution in [0.3, 0.4) is 0 Å². The molecule has 2 aliphatic heterocycles. The molecular formula is C19H24F2N4O4S. The van der Waals surface area contributed by atoms with Crippen molar-refractivity contribution in [2.45, 2.75) is 18.8 Å². The lowest BCUT2D eigenvalue weighted by Gasteiger charge is -2.30. The van der Waals surface area contributed by atoms with Crippen LogP contribution in [0.15, 0.2) is 24.3 Å². The van der Waals surface area contributed by atoms with Gasteiger partial charge in [-0.3, -0.25) is 5.10 Å². The van der Waals surface area contributed by atoms with Gasteiger partial charge in [0.15, 0.2) is 11.6 Å². The van der Waals surface area contributed by atoms with E-state index in [9.17, 15) is 17.2 Å². The van der Waals surface area contributed by atoms with Gasteiger partial charge in [0.1, 0.15) is 5.75 Å². The Balaban J connectivity index is 1.30. The Morgan fingerprint density at radius 2 is 1.93 bits per heavy atom. The van der Waals surface area contributed by atoms with Crippen LogP contribution in [0.25, 0.3) is 0 Å². The number of halogens is 2. The Hall–Kier alpha value is -2.08. The molecule has 2 aromatic rings. The van der Waals surface area contributed by atoms with Crippen molar-refractivity contribution in [1.82, 2.24) is 18.8 Å². The smallest absolute Gasteiger partial charge is 0.282 e. The fourth-order valence-corrected chi connectivity index (χ4v) is 5.32. The lowest BCUT2D eigenvalue weighted by atomic mass is 10.0. The largest absolute Gasteiger partial charge is 0.493 e.